The number of carboxylic acids is 1. The third-order valence-corrected chi connectivity index (χ3v) is 3.71. The summed E-state index contributed by atoms with van der Waals surface area (Å²) in [6, 6.07) is 7.92. The van der Waals surface area contributed by atoms with Gasteiger partial charge >= 0.3 is 5.97 Å². The molecule has 1 atom stereocenters. The first kappa shape index (κ1) is 13.1. The highest BCUT2D eigenvalue weighted by molar-refractivity contribution is 5.82. The van der Waals surface area contributed by atoms with E-state index in [1.54, 1.807) is 0 Å². The van der Waals surface area contributed by atoms with Gasteiger partial charge in [0.05, 0.1) is 6.61 Å². The van der Waals surface area contributed by atoms with Crippen LogP contribution in [0.5, 0.6) is 0 Å². The highest BCUT2D eigenvalue weighted by atomic mass is 16.5. The maximum absolute atomic E-state index is 11.0. The standard InChI is InChI=1S/C15H17NO4/c1-10-12(11-4-2-3-5-13(11)20-10)8-16-6-7-19-14(9-16)15(17)18/h2-5,14H,6-9H2,1H3,(H,17,18). The summed E-state index contributed by atoms with van der Waals surface area (Å²) in [5, 5.41) is 10.1. The summed E-state index contributed by atoms with van der Waals surface area (Å²) < 4.78 is 11.0. The Kier molecular flexibility index (Phi) is 3.46. The smallest absolute Gasteiger partial charge is 0.334 e. The Morgan fingerprint density at radius 2 is 2.25 bits per heavy atom. The average molecular weight is 275 g/mol. The predicted octanol–water partition coefficient (Wildman–Crippen LogP) is 2.03. The molecule has 0 amide bonds. The fourth-order valence-corrected chi connectivity index (χ4v) is 2.64. The summed E-state index contributed by atoms with van der Waals surface area (Å²) in [4.78, 5) is 13.1. The van der Waals surface area contributed by atoms with E-state index in [0.717, 1.165) is 28.8 Å². The minimum Gasteiger partial charge on any atom is -0.479 e. The van der Waals surface area contributed by atoms with Gasteiger partial charge in [-0.15, -0.1) is 0 Å². The van der Waals surface area contributed by atoms with Crippen molar-refractivity contribution in [3.8, 4) is 0 Å². The molecule has 1 N–H and O–H groups in total. The molecule has 0 spiro atoms. The molecule has 2 heterocycles. The molecule has 5 heteroatoms. The van der Waals surface area contributed by atoms with Crippen LogP contribution >= 0.6 is 0 Å². The van der Waals surface area contributed by atoms with E-state index in [1.807, 2.05) is 31.2 Å². The lowest BCUT2D eigenvalue weighted by Gasteiger charge is -2.30. The van der Waals surface area contributed by atoms with E-state index in [-0.39, 0.29) is 0 Å². The zero-order valence-corrected chi connectivity index (χ0v) is 11.3. The van der Waals surface area contributed by atoms with E-state index in [4.69, 9.17) is 14.3 Å². The molecule has 0 saturated carbocycles. The number of morpholine rings is 1. The van der Waals surface area contributed by atoms with Crippen molar-refractivity contribution in [3.05, 3.63) is 35.6 Å². The third-order valence-electron chi connectivity index (χ3n) is 3.71. The molecule has 0 aliphatic carbocycles. The molecule has 0 radical (unpaired) electrons. The number of rotatable bonds is 3. The average Bonchev–Trinajstić information content (AvgIpc) is 2.76. The molecule has 1 aromatic carbocycles. The van der Waals surface area contributed by atoms with Crippen molar-refractivity contribution in [3.63, 3.8) is 0 Å². The molecular weight excluding hydrogens is 258 g/mol. The van der Waals surface area contributed by atoms with Crippen LogP contribution < -0.4 is 0 Å². The van der Waals surface area contributed by atoms with Crippen LogP contribution in [0.4, 0.5) is 0 Å². The van der Waals surface area contributed by atoms with E-state index in [1.165, 1.54) is 0 Å². The second-order valence-corrected chi connectivity index (χ2v) is 5.07. The van der Waals surface area contributed by atoms with Crippen molar-refractivity contribution in [1.82, 2.24) is 4.90 Å². The molecule has 20 heavy (non-hydrogen) atoms. The molecule has 2 aromatic rings. The predicted molar refractivity (Wildman–Crippen MR) is 73.6 cm³/mol. The summed E-state index contributed by atoms with van der Waals surface area (Å²) in [5.41, 5.74) is 2.01. The highest BCUT2D eigenvalue weighted by Crippen LogP contribution is 2.26. The van der Waals surface area contributed by atoms with Crippen LogP contribution in [0.1, 0.15) is 11.3 Å². The number of benzene rings is 1. The number of carbonyl (C=O) groups is 1. The minimum atomic E-state index is -0.900. The Balaban J connectivity index is 1.82. The van der Waals surface area contributed by atoms with Crippen molar-refractivity contribution in [2.24, 2.45) is 0 Å². The second-order valence-electron chi connectivity index (χ2n) is 5.07. The van der Waals surface area contributed by atoms with Crippen molar-refractivity contribution in [2.45, 2.75) is 19.6 Å². The number of nitrogens with zero attached hydrogens (tertiary/aromatic N) is 1. The third kappa shape index (κ3) is 2.42. The lowest BCUT2D eigenvalue weighted by molar-refractivity contribution is -0.156. The minimum absolute atomic E-state index is 0.411. The van der Waals surface area contributed by atoms with Crippen LogP contribution in [-0.4, -0.2) is 41.8 Å². The van der Waals surface area contributed by atoms with Crippen LogP contribution in [0.15, 0.2) is 28.7 Å². The molecule has 5 nitrogen and oxygen atoms in total. The lowest BCUT2D eigenvalue weighted by atomic mass is 10.1. The number of hydrogen-bond acceptors (Lipinski definition) is 4. The summed E-state index contributed by atoms with van der Waals surface area (Å²) in [7, 11) is 0. The van der Waals surface area contributed by atoms with Gasteiger partial charge in [-0.05, 0) is 13.0 Å². The first-order valence-corrected chi connectivity index (χ1v) is 6.69. The Morgan fingerprint density at radius 3 is 3.05 bits per heavy atom. The van der Waals surface area contributed by atoms with Gasteiger partial charge in [0, 0.05) is 30.6 Å². The number of aliphatic carboxylic acids is 1. The van der Waals surface area contributed by atoms with Crippen LogP contribution in [0.3, 0.4) is 0 Å². The molecule has 1 aliphatic heterocycles. The summed E-state index contributed by atoms with van der Waals surface area (Å²) in [6.45, 7) is 4.24. The number of para-hydroxylation sites is 1. The molecule has 1 aromatic heterocycles. The van der Waals surface area contributed by atoms with Crippen LogP contribution in [0.25, 0.3) is 11.0 Å². The lowest BCUT2D eigenvalue weighted by Crippen LogP contribution is -2.45. The Bertz CT molecular complexity index is 634. The fourth-order valence-electron chi connectivity index (χ4n) is 2.64. The van der Waals surface area contributed by atoms with E-state index in [9.17, 15) is 4.79 Å². The van der Waals surface area contributed by atoms with E-state index in [0.29, 0.717) is 19.7 Å². The number of carboxylic acid groups (broad SMARTS) is 1. The van der Waals surface area contributed by atoms with Gasteiger partial charge in [-0.2, -0.15) is 0 Å². The monoisotopic (exact) mass is 275 g/mol. The molecule has 1 saturated heterocycles. The van der Waals surface area contributed by atoms with Gasteiger partial charge in [-0.1, -0.05) is 18.2 Å². The van der Waals surface area contributed by atoms with Gasteiger partial charge in [0.2, 0.25) is 0 Å². The molecule has 1 unspecified atom stereocenters. The van der Waals surface area contributed by atoms with Gasteiger partial charge in [0.1, 0.15) is 11.3 Å². The van der Waals surface area contributed by atoms with Gasteiger partial charge < -0.3 is 14.3 Å². The fraction of sp³-hybridized carbons (Fsp3) is 0.400. The van der Waals surface area contributed by atoms with Crippen molar-refractivity contribution < 1.29 is 19.1 Å². The SMILES string of the molecule is Cc1oc2ccccc2c1CN1CCOC(C(=O)O)C1. The molecule has 106 valence electrons. The van der Waals surface area contributed by atoms with E-state index < -0.39 is 12.1 Å². The zero-order valence-electron chi connectivity index (χ0n) is 11.3. The van der Waals surface area contributed by atoms with Crippen LogP contribution in [0, 0.1) is 6.92 Å². The number of hydrogen-bond donors (Lipinski definition) is 1. The van der Waals surface area contributed by atoms with Crippen LogP contribution in [0.2, 0.25) is 0 Å². The topological polar surface area (TPSA) is 62.9 Å². The maximum Gasteiger partial charge on any atom is 0.334 e. The Morgan fingerprint density at radius 1 is 1.45 bits per heavy atom. The molecule has 3 rings (SSSR count). The number of fused-ring (bicyclic) bond motifs is 1. The van der Waals surface area contributed by atoms with Gasteiger partial charge in [-0.25, -0.2) is 4.79 Å². The summed E-state index contributed by atoms with van der Waals surface area (Å²) >= 11 is 0. The highest BCUT2D eigenvalue weighted by Gasteiger charge is 2.27. The van der Waals surface area contributed by atoms with Crippen molar-refractivity contribution in [2.75, 3.05) is 19.7 Å². The normalized spacial score (nSPS) is 20.4. The van der Waals surface area contributed by atoms with Gasteiger partial charge in [0.25, 0.3) is 0 Å². The molecule has 1 aliphatic rings. The van der Waals surface area contributed by atoms with Gasteiger partial charge in [-0.3, -0.25) is 4.90 Å². The first-order valence-electron chi connectivity index (χ1n) is 6.69. The molecule has 1 fully saturated rings. The Labute approximate surface area is 116 Å². The molecule has 0 bridgehead atoms. The van der Waals surface area contributed by atoms with Crippen molar-refractivity contribution in [1.29, 1.82) is 0 Å². The Hall–Kier alpha value is -1.85. The largest absolute Gasteiger partial charge is 0.479 e. The number of aryl methyl sites for hydroxylation is 1. The molecular formula is C15H17NO4. The summed E-state index contributed by atoms with van der Waals surface area (Å²) in [6.07, 6.45) is -0.734. The summed E-state index contributed by atoms with van der Waals surface area (Å²) in [5.74, 6) is -0.00644. The van der Waals surface area contributed by atoms with Gasteiger partial charge in [0.15, 0.2) is 6.10 Å². The number of furan rings is 1. The van der Waals surface area contributed by atoms with E-state index >= 15 is 0 Å². The second kappa shape index (κ2) is 5.26. The van der Waals surface area contributed by atoms with Crippen molar-refractivity contribution >= 4 is 16.9 Å². The first-order chi connectivity index (χ1) is 9.65. The zero-order chi connectivity index (χ0) is 14.1. The van der Waals surface area contributed by atoms with Crippen LogP contribution in [-0.2, 0) is 16.1 Å². The quantitative estimate of drug-likeness (QED) is 0.928. The maximum atomic E-state index is 11.0. The number of ether oxygens (including phenoxy) is 1. The van der Waals surface area contributed by atoms with E-state index in [2.05, 4.69) is 4.90 Å².